The van der Waals surface area contributed by atoms with Gasteiger partial charge in [-0.15, -0.1) is 10.2 Å². The fourth-order valence-electron chi connectivity index (χ4n) is 4.59. The molecule has 4 aromatic rings. The molecule has 1 aliphatic heterocycles. The van der Waals surface area contributed by atoms with Gasteiger partial charge in [0.2, 0.25) is 5.78 Å². The molecule has 3 heterocycles. The van der Waals surface area contributed by atoms with Crippen LogP contribution in [0.5, 0.6) is 0 Å². The molecule has 5 rings (SSSR count). The Balaban J connectivity index is 1.39. The second-order valence-corrected chi connectivity index (χ2v) is 8.10. The molecular formula is C24H25N5O2. The lowest BCUT2D eigenvalue weighted by Gasteiger charge is -2.30. The third-order valence-electron chi connectivity index (χ3n) is 6.27. The number of rotatable bonds is 5. The lowest BCUT2D eigenvalue weighted by atomic mass is 9.89. The molecule has 31 heavy (non-hydrogen) atoms. The monoisotopic (exact) mass is 415 g/mol. The van der Waals surface area contributed by atoms with Gasteiger partial charge in [-0.2, -0.15) is 0 Å². The lowest BCUT2D eigenvalue weighted by Crippen LogP contribution is -2.36. The highest BCUT2D eigenvalue weighted by molar-refractivity contribution is 5.97. The van der Waals surface area contributed by atoms with Gasteiger partial charge in [-0.3, -0.25) is 23.5 Å². The minimum Gasteiger partial charge on any atom is -0.296 e. The van der Waals surface area contributed by atoms with E-state index in [0.717, 1.165) is 42.8 Å². The molecule has 7 nitrogen and oxygen atoms in total. The van der Waals surface area contributed by atoms with Crippen LogP contribution in [-0.2, 0) is 13.1 Å². The average Bonchev–Trinajstić information content (AvgIpc) is 3.23. The number of hydrogen-bond acceptors (Lipinski definition) is 5. The van der Waals surface area contributed by atoms with Crippen molar-refractivity contribution in [3.8, 4) is 0 Å². The van der Waals surface area contributed by atoms with E-state index < -0.39 is 0 Å². The molecule has 0 radical (unpaired) electrons. The topological polar surface area (TPSA) is 72.5 Å². The van der Waals surface area contributed by atoms with E-state index in [4.69, 9.17) is 0 Å². The number of hydrogen-bond donors (Lipinski definition) is 0. The Bertz CT molecular complexity index is 1300. The summed E-state index contributed by atoms with van der Waals surface area (Å²) in [7, 11) is 0. The van der Waals surface area contributed by atoms with Crippen molar-refractivity contribution in [1.29, 1.82) is 0 Å². The van der Waals surface area contributed by atoms with Crippen molar-refractivity contribution >= 4 is 22.5 Å². The number of benzene rings is 2. The Labute approximate surface area is 179 Å². The number of ketones is 1. The number of nitrogens with zero attached hydrogens (tertiary/aromatic N) is 5. The number of aromatic nitrogens is 4. The third kappa shape index (κ3) is 3.45. The Morgan fingerprint density at radius 1 is 1.00 bits per heavy atom. The van der Waals surface area contributed by atoms with Gasteiger partial charge < -0.3 is 0 Å². The molecular weight excluding hydrogens is 390 g/mol. The number of para-hydroxylation sites is 1. The van der Waals surface area contributed by atoms with E-state index in [1.165, 1.54) is 0 Å². The Morgan fingerprint density at radius 2 is 1.71 bits per heavy atom. The highest BCUT2D eigenvalue weighted by atomic mass is 16.1. The minimum atomic E-state index is -0.0372. The Kier molecular flexibility index (Phi) is 5.11. The van der Waals surface area contributed by atoms with Crippen LogP contribution >= 0.6 is 0 Å². The van der Waals surface area contributed by atoms with Gasteiger partial charge in [0, 0.05) is 18.0 Å². The quantitative estimate of drug-likeness (QED) is 0.468. The van der Waals surface area contributed by atoms with Gasteiger partial charge in [0.1, 0.15) is 0 Å². The molecule has 0 unspecified atom stereocenters. The van der Waals surface area contributed by atoms with Crippen molar-refractivity contribution in [2.45, 2.75) is 32.9 Å². The van der Waals surface area contributed by atoms with E-state index in [1.54, 1.807) is 4.57 Å². The van der Waals surface area contributed by atoms with Crippen molar-refractivity contribution in [2.24, 2.45) is 5.92 Å². The van der Waals surface area contributed by atoms with Crippen molar-refractivity contribution in [3.63, 3.8) is 0 Å². The average molecular weight is 415 g/mol. The first-order chi connectivity index (χ1) is 15.2. The normalized spacial score (nSPS) is 15.6. The van der Waals surface area contributed by atoms with Crippen LogP contribution in [0.3, 0.4) is 0 Å². The van der Waals surface area contributed by atoms with E-state index in [9.17, 15) is 9.59 Å². The van der Waals surface area contributed by atoms with Gasteiger partial charge in [0.15, 0.2) is 11.6 Å². The summed E-state index contributed by atoms with van der Waals surface area (Å²) in [6, 6.07) is 17.2. The molecule has 0 saturated carbocycles. The number of carbonyl (C=O) groups is 1. The third-order valence-corrected chi connectivity index (χ3v) is 6.27. The summed E-state index contributed by atoms with van der Waals surface area (Å²) in [4.78, 5) is 27.9. The van der Waals surface area contributed by atoms with E-state index in [1.807, 2.05) is 65.9 Å². The first kappa shape index (κ1) is 19.6. The molecule has 0 bridgehead atoms. The molecule has 0 spiro atoms. The van der Waals surface area contributed by atoms with E-state index in [0.29, 0.717) is 24.3 Å². The first-order valence-electron chi connectivity index (χ1n) is 10.8. The van der Waals surface area contributed by atoms with Crippen LogP contribution in [0.1, 0.15) is 35.9 Å². The van der Waals surface area contributed by atoms with Gasteiger partial charge in [-0.05, 0) is 45.0 Å². The van der Waals surface area contributed by atoms with Crippen LogP contribution < -0.4 is 5.56 Å². The van der Waals surface area contributed by atoms with E-state index >= 15 is 0 Å². The largest absolute Gasteiger partial charge is 0.296 e. The Hall–Kier alpha value is -3.32. The second-order valence-electron chi connectivity index (χ2n) is 8.10. The van der Waals surface area contributed by atoms with E-state index in [2.05, 4.69) is 15.1 Å². The zero-order valence-corrected chi connectivity index (χ0v) is 17.6. The maximum Gasteiger partial charge on any atom is 0.262 e. The predicted molar refractivity (Wildman–Crippen MR) is 119 cm³/mol. The molecule has 0 amide bonds. The fraction of sp³-hybridized carbons (Fsp3) is 0.333. The number of piperidine rings is 1. The maximum atomic E-state index is 12.8. The van der Waals surface area contributed by atoms with Gasteiger partial charge >= 0.3 is 0 Å². The summed E-state index contributed by atoms with van der Waals surface area (Å²) in [6.45, 7) is 4.80. The number of likely N-dealkylation sites (tertiary alicyclic amines) is 1. The van der Waals surface area contributed by atoms with Crippen LogP contribution in [-0.4, -0.2) is 42.9 Å². The fourth-order valence-corrected chi connectivity index (χ4v) is 4.59. The van der Waals surface area contributed by atoms with E-state index in [-0.39, 0.29) is 17.3 Å². The predicted octanol–water partition coefficient (Wildman–Crippen LogP) is 3.16. The molecule has 1 fully saturated rings. The molecule has 0 atom stereocenters. The molecule has 0 aliphatic carbocycles. The molecule has 1 saturated heterocycles. The van der Waals surface area contributed by atoms with Gasteiger partial charge in [0.05, 0.1) is 17.4 Å². The number of Topliss-reactive ketones (excluding diaryl/α,β-unsaturated/α-hetero) is 1. The zero-order valence-electron chi connectivity index (χ0n) is 17.6. The number of carbonyl (C=O) groups excluding carboxylic acids is 1. The highest BCUT2D eigenvalue weighted by Gasteiger charge is 2.27. The highest BCUT2D eigenvalue weighted by Crippen LogP contribution is 2.23. The minimum absolute atomic E-state index is 0.0372. The van der Waals surface area contributed by atoms with Crippen LogP contribution in [0.2, 0.25) is 0 Å². The van der Waals surface area contributed by atoms with Gasteiger partial charge in [0.25, 0.3) is 5.56 Å². The van der Waals surface area contributed by atoms with Crippen LogP contribution in [0, 0.1) is 5.92 Å². The zero-order chi connectivity index (χ0) is 21.4. The molecule has 2 aromatic carbocycles. The summed E-state index contributed by atoms with van der Waals surface area (Å²) in [6.07, 6.45) is 1.68. The summed E-state index contributed by atoms with van der Waals surface area (Å²) in [5.74, 6) is 1.71. The Morgan fingerprint density at radius 3 is 2.45 bits per heavy atom. The first-order valence-corrected chi connectivity index (χ1v) is 10.8. The second kappa shape index (κ2) is 8.07. The number of aryl methyl sites for hydroxylation is 1. The molecule has 0 N–H and O–H groups in total. The molecule has 158 valence electrons. The van der Waals surface area contributed by atoms with Crippen molar-refractivity contribution in [2.75, 3.05) is 13.1 Å². The van der Waals surface area contributed by atoms with Crippen LogP contribution in [0.4, 0.5) is 0 Å². The SMILES string of the molecule is CCn1c(=O)c2ccccc2n2c(CN3CCC(C(=O)c4ccccc4)CC3)nnc12. The lowest BCUT2D eigenvalue weighted by molar-refractivity contribution is 0.0832. The van der Waals surface area contributed by atoms with Crippen LogP contribution in [0.15, 0.2) is 59.4 Å². The molecule has 7 heteroatoms. The molecule has 2 aromatic heterocycles. The van der Waals surface area contributed by atoms with Crippen molar-refractivity contribution < 1.29 is 4.79 Å². The van der Waals surface area contributed by atoms with Crippen molar-refractivity contribution in [1.82, 2.24) is 24.1 Å². The summed E-state index contributed by atoms with van der Waals surface area (Å²) >= 11 is 0. The summed E-state index contributed by atoms with van der Waals surface area (Å²) in [5, 5.41) is 9.45. The summed E-state index contributed by atoms with van der Waals surface area (Å²) < 4.78 is 3.67. The maximum absolute atomic E-state index is 12.8. The number of fused-ring (bicyclic) bond motifs is 3. The smallest absolute Gasteiger partial charge is 0.262 e. The summed E-state index contributed by atoms with van der Waals surface area (Å²) in [5.41, 5.74) is 1.60. The molecule has 1 aliphatic rings. The van der Waals surface area contributed by atoms with Gasteiger partial charge in [-0.25, -0.2) is 0 Å². The van der Waals surface area contributed by atoms with Gasteiger partial charge in [-0.1, -0.05) is 42.5 Å². The van der Waals surface area contributed by atoms with Crippen molar-refractivity contribution in [3.05, 3.63) is 76.3 Å². The van der Waals surface area contributed by atoms with Crippen LogP contribution in [0.25, 0.3) is 16.7 Å². The standard InChI is InChI=1S/C24H25N5O2/c1-2-28-23(31)19-10-6-7-11-20(19)29-21(25-26-24(28)29)16-27-14-12-18(13-15-27)22(30)17-8-4-3-5-9-17/h3-11,18H,2,12-16H2,1H3.